The van der Waals surface area contributed by atoms with Gasteiger partial charge in [0.2, 0.25) is 0 Å². The number of benzene rings is 2. The van der Waals surface area contributed by atoms with Crippen molar-refractivity contribution in [2.75, 3.05) is 5.73 Å². The van der Waals surface area contributed by atoms with Crippen molar-refractivity contribution in [1.82, 2.24) is 5.32 Å². The highest BCUT2D eigenvalue weighted by Crippen LogP contribution is 2.19. The lowest BCUT2D eigenvalue weighted by Gasteiger charge is -2.08. The first kappa shape index (κ1) is 12.9. The molecule has 2 aromatic carbocycles. The maximum absolute atomic E-state index is 13.4. The average Bonchev–Trinajstić information content (AvgIpc) is 2.40. The number of phenolic OH excluding ortho intramolecular Hbond substituents is 1. The molecule has 0 heterocycles. The van der Waals surface area contributed by atoms with Gasteiger partial charge in [0.15, 0.2) is 0 Å². The number of aromatic hydroxyl groups is 1. The molecule has 0 aromatic heterocycles. The van der Waals surface area contributed by atoms with Crippen molar-refractivity contribution in [1.29, 1.82) is 0 Å². The molecule has 0 bridgehead atoms. The van der Waals surface area contributed by atoms with Gasteiger partial charge in [-0.05, 0) is 30.3 Å². The Hall–Kier alpha value is -2.56. The van der Waals surface area contributed by atoms with Crippen molar-refractivity contribution in [3.05, 3.63) is 59.4 Å². The number of halogens is 1. The quantitative estimate of drug-likeness (QED) is 0.584. The minimum absolute atomic E-state index is 0.0306. The summed E-state index contributed by atoms with van der Waals surface area (Å²) in [6.07, 6.45) is 0. The zero-order valence-electron chi connectivity index (χ0n) is 10.1. The first-order valence-corrected chi connectivity index (χ1v) is 5.68. The molecule has 0 aliphatic rings. The second kappa shape index (κ2) is 5.39. The second-order valence-corrected chi connectivity index (χ2v) is 4.05. The highest BCUT2D eigenvalue weighted by Gasteiger charge is 2.11. The molecule has 4 N–H and O–H groups in total. The number of nitrogen functional groups attached to an aromatic ring is 1. The SMILES string of the molecule is Nc1ccc(O)c(CNC(=O)c2ccccc2F)c1. The van der Waals surface area contributed by atoms with Gasteiger partial charge in [0.1, 0.15) is 11.6 Å². The summed E-state index contributed by atoms with van der Waals surface area (Å²) in [5.41, 5.74) is 6.51. The number of rotatable bonds is 3. The van der Waals surface area contributed by atoms with Crippen molar-refractivity contribution >= 4 is 11.6 Å². The summed E-state index contributed by atoms with van der Waals surface area (Å²) in [6, 6.07) is 10.2. The number of carbonyl (C=O) groups is 1. The summed E-state index contributed by atoms with van der Waals surface area (Å²) in [4.78, 5) is 11.8. The molecule has 5 heteroatoms. The molecule has 0 radical (unpaired) electrons. The zero-order valence-corrected chi connectivity index (χ0v) is 10.1. The molecule has 0 spiro atoms. The van der Waals surface area contributed by atoms with E-state index in [4.69, 9.17) is 5.73 Å². The summed E-state index contributed by atoms with van der Waals surface area (Å²) in [5, 5.41) is 12.1. The van der Waals surface area contributed by atoms with Crippen molar-refractivity contribution in [3.8, 4) is 5.75 Å². The second-order valence-electron chi connectivity index (χ2n) is 4.05. The number of amides is 1. The average molecular weight is 260 g/mol. The third kappa shape index (κ3) is 3.01. The molecule has 4 nitrogen and oxygen atoms in total. The van der Waals surface area contributed by atoms with Gasteiger partial charge < -0.3 is 16.2 Å². The lowest BCUT2D eigenvalue weighted by Crippen LogP contribution is -2.23. The van der Waals surface area contributed by atoms with Crippen molar-refractivity contribution in [2.24, 2.45) is 0 Å². The molecule has 0 saturated carbocycles. The summed E-state index contributed by atoms with van der Waals surface area (Å²) < 4.78 is 13.4. The smallest absolute Gasteiger partial charge is 0.254 e. The summed E-state index contributed by atoms with van der Waals surface area (Å²) in [6.45, 7) is 0.0735. The van der Waals surface area contributed by atoms with Gasteiger partial charge in [-0.15, -0.1) is 0 Å². The third-order valence-corrected chi connectivity index (χ3v) is 2.66. The largest absolute Gasteiger partial charge is 0.508 e. The van der Waals surface area contributed by atoms with Crippen molar-refractivity contribution in [3.63, 3.8) is 0 Å². The Labute approximate surface area is 109 Å². The molecule has 2 rings (SSSR count). The van der Waals surface area contributed by atoms with Crippen LogP contribution in [0.1, 0.15) is 15.9 Å². The monoisotopic (exact) mass is 260 g/mol. The van der Waals surface area contributed by atoms with E-state index in [1.165, 1.54) is 24.3 Å². The van der Waals surface area contributed by atoms with Crippen molar-refractivity contribution in [2.45, 2.75) is 6.54 Å². The Morgan fingerprint density at radius 2 is 2.00 bits per heavy atom. The van der Waals surface area contributed by atoms with Crippen LogP contribution >= 0.6 is 0 Å². The van der Waals surface area contributed by atoms with Crippen LogP contribution in [-0.2, 0) is 6.54 Å². The Bertz CT molecular complexity index is 614. The molecular formula is C14H13FN2O2. The van der Waals surface area contributed by atoms with Gasteiger partial charge in [0.05, 0.1) is 5.56 Å². The lowest BCUT2D eigenvalue weighted by atomic mass is 10.1. The standard InChI is InChI=1S/C14H13FN2O2/c15-12-4-2-1-3-11(12)14(19)17-8-9-7-10(16)5-6-13(9)18/h1-7,18H,8,16H2,(H,17,19). The molecule has 98 valence electrons. The van der Waals surface area contributed by atoms with Gasteiger partial charge in [-0.2, -0.15) is 0 Å². The molecule has 0 fully saturated rings. The predicted molar refractivity (Wildman–Crippen MR) is 70.1 cm³/mol. The zero-order chi connectivity index (χ0) is 13.8. The summed E-state index contributed by atoms with van der Waals surface area (Å²) >= 11 is 0. The van der Waals surface area contributed by atoms with E-state index in [2.05, 4.69) is 5.32 Å². The van der Waals surface area contributed by atoms with Crippen molar-refractivity contribution < 1.29 is 14.3 Å². The molecular weight excluding hydrogens is 247 g/mol. The summed E-state index contributed by atoms with van der Waals surface area (Å²) in [7, 11) is 0. The number of nitrogens with two attached hydrogens (primary N) is 1. The fourth-order valence-electron chi connectivity index (χ4n) is 1.66. The number of hydrogen-bond donors (Lipinski definition) is 3. The van der Waals surface area contributed by atoms with Crippen LogP contribution in [0.25, 0.3) is 0 Å². The van der Waals surface area contributed by atoms with E-state index in [0.29, 0.717) is 11.3 Å². The van der Waals surface area contributed by atoms with Gasteiger partial charge in [-0.1, -0.05) is 12.1 Å². The molecule has 0 saturated heterocycles. The molecule has 0 aliphatic carbocycles. The topological polar surface area (TPSA) is 75.3 Å². The van der Waals surface area contributed by atoms with Gasteiger partial charge in [0.25, 0.3) is 5.91 Å². The van der Waals surface area contributed by atoms with Gasteiger partial charge in [0, 0.05) is 17.8 Å². The Kier molecular flexibility index (Phi) is 3.66. The number of anilines is 1. The first-order chi connectivity index (χ1) is 9.08. The minimum Gasteiger partial charge on any atom is -0.508 e. The fourth-order valence-corrected chi connectivity index (χ4v) is 1.66. The van der Waals surface area contributed by atoms with Crippen LogP contribution < -0.4 is 11.1 Å². The lowest BCUT2D eigenvalue weighted by molar-refractivity contribution is 0.0946. The molecule has 19 heavy (non-hydrogen) atoms. The number of nitrogens with one attached hydrogen (secondary N) is 1. The van der Waals surface area contributed by atoms with Crippen LogP contribution in [0.5, 0.6) is 5.75 Å². The van der Waals surface area contributed by atoms with Crippen LogP contribution in [0.4, 0.5) is 10.1 Å². The molecule has 0 aliphatic heterocycles. The van der Waals surface area contributed by atoms with E-state index >= 15 is 0 Å². The highest BCUT2D eigenvalue weighted by atomic mass is 19.1. The van der Waals surface area contributed by atoms with Gasteiger partial charge in [-0.25, -0.2) is 4.39 Å². The van der Waals surface area contributed by atoms with Gasteiger partial charge >= 0.3 is 0 Å². The molecule has 1 amide bonds. The van der Waals surface area contributed by atoms with E-state index in [1.54, 1.807) is 18.2 Å². The van der Waals surface area contributed by atoms with E-state index < -0.39 is 11.7 Å². The van der Waals surface area contributed by atoms with E-state index in [9.17, 15) is 14.3 Å². The highest BCUT2D eigenvalue weighted by molar-refractivity contribution is 5.94. The maximum Gasteiger partial charge on any atom is 0.254 e. The van der Waals surface area contributed by atoms with Crippen LogP contribution in [0, 0.1) is 5.82 Å². The predicted octanol–water partition coefficient (Wildman–Crippen LogP) is 2.04. The Balaban J connectivity index is 2.09. The van der Waals surface area contributed by atoms with Crippen LogP contribution in [0.2, 0.25) is 0 Å². The molecule has 0 unspecified atom stereocenters. The minimum atomic E-state index is -0.586. The van der Waals surface area contributed by atoms with Crippen LogP contribution in [0.3, 0.4) is 0 Å². The molecule has 0 atom stereocenters. The van der Waals surface area contributed by atoms with E-state index in [0.717, 1.165) is 0 Å². The maximum atomic E-state index is 13.4. The Morgan fingerprint density at radius 1 is 1.26 bits per heavy atom. The normalized spacial score (nSPS) is 10.2. The number of phenols is 1. The van der Waals surface area contributed by atoms with E-state index in [1.807, 2.05) is 0 Å². The fraction of sp³-hybridized carbons (Fsp3) is 0.0714. The Morgan fingerprint density at radius 3 is 2.74 bits per heavy atom. The first-order valence-electron chi connectivity index (χ1n) is 5.68. The van der Waals surface area contributed by atoms with Crippen LogP contribution in [-0.4, -0.2) is 11.0 Å². The van der Waals surface area contributed by atoms with Crippen LogP contribution in [0.15, 0.2) is 42.5 Å². The third-order valence-electron chi connectivity index (χ3n) is 2.66. The van der Waals surface area contributed by atoms with Gasteiger partial charge in [-0.3, -0.25) is 4.79 Å². The number of hydrogen-bond acceptors (Lipinski definition) is 3. The molecule has 2 aromatic rings. The van der Waals surface area contributed by atoms with E-state index in [-0.39, 0.29) is 17.9 Å². The summed E-state index contributed by atoms with van der Waals surface area (Å²) in [5.74, 6) is -1.10. The number of carbonyl (C=O) groups excluding carboxylic acids is 1.